The highest BCUT2D eigenvalue weighted by atomic mass is 32.1. The van der Waals surface area contributed by atoms with Gasteiger partial charge in [-0.2, -0.15) is 12.6 Å². The van der Waals surface area contributed by atoms with E-state index < -0.39 is 0 Å². The SMILES string of the molecule is O=c1[nH]c2c(cc1CS)CCC2. The summed E-state index contributed by atoms with van der Waals surface area (Å²) in [6.45, 7) is 0. The highest BCUT2D eigenvalue weighted by Crippen LogP contribution is 2.18. The lowest BCUT2D eigenvalue weighted by Gasteiger charge is -2.00. The van der Waals surface area contributed by atoms with Gasteiger partial charge in [-0.25, -0.2) is 0 Å². The zero-order valence-corrected chi connectivity index (χ0v) is 7.66. The van der Waals surface area contributed by atoms with Crippen molar-refractivity contribution >= 4 is 12.6 Å². The Balaban J connectivity index is 2.57. The summed E-state index contributed by atoms with van der Waals surface area (Å²) in [4.78, 5) is 14.2. The Labute approximate surface area is 76.4 Å². The smallest absolute Gasteiger partial charge is 0.252 e. The molecule has 3 heteroatoms. The molecule has 1 aliphatic rings. The van der Waals surface area contributed by atoms with E-state index in [0.717, 1.165) is 24.1 Å². The van der Waals surface area contributed by atoms with Crippen LogP contribution in [0, 0.1) is 0 Å². The van der Waals surface area contributed by atoms with Crippen LogP contribution in [0.3, 0.4) is 0 Å². The molecule has 1 aromatic rings. The van der Waals surface area contributed by atoms with Crippen LogP contribution >= 0.6 is 12.6 Å². The first kappa shape index (κ1) is 7.92. The normalized spacial score (nSPS) is 14.8. The molecular weight excluding hydrogens is 170 g/mol. The summed E-state index contributed by atoms with van der Waals surface area (Å²) in [5.41, 5.74) is 3.26. The van der Waals surface area contributed by atoms with E-state index in [2.05, 4.69) is 17.6 Å². The van der Waals surface area contributed by atoms with Crippen molar-refractivity contribution in [1.82, 2.24) is 4.98 Å². The number of fused-ring (bicyclic) bond motifs is 1. The summed E-state index contributed by atoms with van der Waals surface area (Å²) >= 11 is 4.10. The van der Waals surface area contributed by atoms with Crippen molar-refractivity contribution in [1.29, 1.82) is 0 Å². The summed E-state index contributed by atoms with van der Waals surface area (Å²) < 4.78 is 0. The number of pyridine rings is 1. The Bertz CT molecular complexity index is 356. The fourth-order valence-electron chi connectivity index (χ4n) is 1.68. The molecule has 2 nitrogen and oxygen atoms in total. The first-order valence-electron chi connectivity index (χ1n) is 4.16. The Morgan fingerprint density at radius 1 is 1.50 bits per heavy atom. The molecule has 0 aliphatic heterocycles. The lowest BCUT2D eigenvalue weighted by molar-refractivity contribution is 0.897. The van der Waals surface area contributed by atoms with E-state index in [4.69, 9.17) is 0 Å². The average molecular weight is 181 g/mol. The van der Waals surface area contributed by atoms with Gasteiger partial charge in [0.2, 0.25) is 0 Å². The van der Waals surface area contributed by atoms with Gasteiger partial charge in [-0.1, -0.05) is 0 Å². The van der Waals surface area contributed by atoms with Crippen LogP contribution in [0.25, 0.3) is 0 Å². The van der Waals surface area contributed by atoms with Gasteiger partial charge >= 0.3 is 0 Å². The molecule has 12 heavy (non-hydrogen) atoms. The molecule has 0 unspecified atom stereocenters. The predicted molar refractivity (Wildman–Crippen MR) is 51.8 cm³/mol. The largest absolute Gasteiger partial charge is 0.326 e. The molecule has 1 heterocycles. The van der Waals surface area contributed by atoms with Crippen LogP contribution in [-0.4, -0.2) is 4.98 Å². The van der Waals surface area contributed by atoms with E-state index >= 15 is 0 Å². The molecule has 1 N–H and O–H groups in total. The number of aromatic amines is 1. The van der Waals surface area contributed by atoms with Gasteiger partial charge in [-0.05, 0) is 30.9 Å². The van der Waals surface area contributed by atoms with Gasteiger partial charge in [0.15, 0.2) is 0 Å². The van der Waals surface area contributed by atoms with Gasteiger partial charge in [0.25, 0.3) is 5.56 Å². The number of nitrogens with one attached hydrogen (secondary N) is 1. The van der Waals surface area contributed by atoms with Crippen LogP contribution in [-0.2, 0) is 18.6 Å². The van der Waals surface area contributed by atoms with Crippen LogP contribution < -0.4 is 5.56 Å². The number of aromatic nitrogens is 1. The first-order chi connectivity index (χ1) is 5.81. The molecule has 1 aliphatic carbocycles. The minimum absolute atomic E-state index is 0.0330. The minimum atomic E-state index is 0.0330. The first-order valence-corrected chi connectivity index (χ1v) is 4.79. The van der Waals surface area contributed by atoms with Crippen molar-refractivity contribution in [3.8, 4) is 0 Å². The molecule has 1 aromatic heterocycles. The maximum absolute atomic E-state index is 11.3. The van der Waals surface area contributed by atoms with E-state index in [-0.39, 0.29) is 5.56 Å². The van der Waals surface area contributed by atoms with Gasteiger partial charge in [-0.15, -0.1) is 0 Å². The van der Waals surface area contributed by atoms with E-state index in [1.165, 1.54) is 12.0 Å². The maximum Gasteiger partial charge on any atom is 0.252 e. The average Bonchev–Trinajstić information content (AvgIpc) is 2.49. The Morgan fingerprint density at radius 3 is 3.08 bits per heavy atom. The van der Waals surface area contributed by atoms with Crippen molar-refractivity contribution < 1.29 is 0 Å². The molecule has 0 bridgehead atoms. The highest BCUT2D eigenvalue weighted by molar-refractivity contribution is 7.79. The van der Waals surface area contributed by atoms with Crippen LogP contribution in [0.4, 0.5) is 0 Å². The maximum atomic E-state index is 11.3. The third-order valence-electron chi connectivity index (χ3n) is 2.34. The van der Waals surface area contributed by atoms with Gasteiger partial charge in [0.1, 0.15) is 0 Å². The van der Waals surface area contributed by atoms with Crippen molar-refractivity contribution in [3.05, 3.63) is 33.2 Å². The molecule has 0 amide bonds. The fourth-order valence-corrected chi connectivity index (χ4v) is 1.91. The van der Waals surface area contributed by atoms with E-state index in [1.54, 1.807) is 0 Å². The number of hydrogen-bond donors (Lipinski definition) is 2. The molecule has 0 saturated carbocycles. The van der Waals surface area contributed by atoms with E-state index in [9.17, 15) is 4.79 Å². The second-order valence-corrected chi connectivity index (χ2v) is 3.46. The molecule has 2 rings (SSSR count). The van der Waals surface area contributed by atoms with Crippen LogP contribution in [0.1, 0.15) is 23.2 Å². The highest BCUT2D eigenvalue weighted by Gasteiger charge is 2.12. The van der Waals surface area contributed by atoms with Crippen LogP contribution in [0.5, 0.6) is 0 Å². The third kappa shape index (κ3) is 1.18. The standard InChI is InChI=1S/C9H11NOS/c11-9-7(5-12)4-6-2-1-3-8(6)10-9/h4,12H,1-3,5H2,(H,10,11). The van der Waals surface area contributed by atoms with Gasteiger partial charge in [0.05, 0.1) is 0 Å². The third-order valence-corrected chi connectivity index (χ3v) is 2.68. The molecule has 0 aromatic carbocycles. The minimum Gasteiger partial charge on any atom is -0.326 e. The zero-order chi connectivity index (χ0) is 8.55. The Morgan fingerprint density at radius 2 is 2.33 bits per heavy atom. The number of thiol groups is 1. The van der Waals surface area contributed by atoms with Crippen molar-refractivity contribution in [3.63, 3.8) is 0 Å². The zero-order valence-electron chi connectivity index (χ0n) is 6.76. The van der Waals surface area contributed by atoms with Gasteiger partial charge in [0, 0.05) is 17.0 Å². The molecule has 0 fully saturated rings. The quantitative estimate of drug-likeness (QED) is 0.629. The Kier molecular flexibility index (Phi) is 1.97. The number of aryl methyl sites for hydroxylation is 2. The fraction of sp³-hybridized carbons (Fsp3) is 0.444. The van der Waals surface area contributed by atoms with Gasteiger partial charge < -0.3 is 4.98 Å². The van der Waals surface area contributed by atoms with Gasteiger partial charge in [-0.3, -0.25) is 4.79 Å². The van der Waals surface area contributed by atoms with Crippen molar-refractivity contribution in [2.45, 2.75) is 25.0 Å². The molecule has 64 valence electrons. The Hall–Kier alpha value is -0.700. The summed E-state index contributed by atoms with van der Waals surface area (Å²) in [7, 11) is 0. The van der Waals surface area contributed by atoms with E-state index in [0.29, 0.717) is 5.75 Å². The van der Waals surface area contributed by atoms with Crippen molar-refractivity contribution in [2.75, 3.05) is 0 Å². The second-order valence-electron chi connectivity index (χ2n) is 3.14. The summed E-state index contributed by atoms with van der Waals surface area (Å²) in [5, 5.41) is 0. The summed E-state index contributed by atoms with van der Waals surface area (Å²) in [6.07, 6.45) is 3.30. The molecular formula is C9H11NOS. The number of rotatable bonds is 1. The monoisotopic (exact) mass is 181 g/mol. The summed E-state index contributed by atoms with van der Waals surface area (Å²) in [6, 6.07) is 1.99. The molecule has 0 atom stereocenters. The van der Waals surface area contributed by atoms with Crippen LogP contribution in [0.15, 0.2) is 10.9 Å². The lowest BCUT2D eigenvalue weighted by atomic mass is 10.2. The topological polar surface area (TPSA) is 32.9 Å². The predicted octanol–water partition coefficient (Wildman–Crippen LogP) is 1.29. The summed E-state index contributed by atoms with van der Waals surface area (Å²) in [5.74, 6) is 0.530. The lowest BCUT2D eigenvalue weighted by Crippen LogP contribution is -2.13. The van der Waals surface area contributed by atoms with E-state index in [1.807, 2.05) is 6.07 Å². The number of hydrogen-bond acceptors (Lipinski definition) is 2. The molecule has 0 spiro atoms. The number of H-pyrrole nitrogens is 1. The van der Waals surface area contributed by atoms with Crippen molar-refractivity contribution in [2.24, 2.45) is 0 Å². The second kappa shape index (κ2) is 2.98. The molecule has 0 saturated heterocycles. The molecule has 0 radical (unpaired) electrons. The van der Waals surface area contributed by atoms with Crippen LogP contribution in [0.2, 0.25) is 0 Å².